The second-order valence-electron chi connectivity index (χ2n) is 9.92. The summed E-state index contributed by atoms with van der Waals surface area (Å²) in [6, 6.07) is 10.1. The predicted molar refractivity (Wildman–Crippen MR) is 128 cm³/mol. The summed E-state index contributed by atoms with van der Waals surface area (Å²) in [6.07, 6.45) is 2.99. The Bertz CT molecular complexity index is 1100. The number of rotatable bonds is 4. The molecule has 2 aliphatic carbocycles. The van der Waals surface area contributed by atoms with Gasteiger partial charge in [0.2, 0.25) is 5.91 Å². The van der Waals surface area contributed by atoms with Crippen LogP contribution in [0, 0.1) is 5.92 Å². The number of halogens is 2. The summed E-state index contributed by atoms with van der Waals surface area (Å²) in [5, 5.41) is 3.42. The lowest BCUT2D eigenvalue weighted by atomic mass is 9.86. The Hall–Kier alpha value is -2.78. The van der Waals surface area contributed by atoms with Crippen LogP contribution in [0.25, 0.3) is 0 Å². The van der Waals surface area contributed by atoms with Crippen molar-refractivity contribution in [1.82, 2.24) is 4.98 Å². The number of carbonyl (C=O) groups is 1. The number of morpholine rings is 1. The Labute approximate surface area is 203 Å². The highest BCUT2D eigenvalue weighted by molar-refractivity contribution is 6.00. The van der Waals surface area contributed by atoms with Gasteiger partial charge in [0.15, 0.2) is 0 Å². The molecule has 186 valence electrons. The first-order valence-electron chi connectivity index (χ1n) is 12.5. The molecule has 1 amide bonds. The molecule has 1 aromatic carbocycles. The molecule has 2 aromatic rings. The van der Waals surface area contributed by atoms with E-state index in [9.17, 15) is 13.6 Å². The highest BCUT2D eigenvalue weighted by Gasteiger charge is 2.59. The Morgan fingerprint density at radius 1 is 1.14 bits per heavy atom. The lowest BCUT2D eigenvalue weighted by Gasteiger charge is -2.33. The van der Waals surface area contributed by atoms with Gasteiger partial charge in [-0.15, -0.1) is 0 Å². The van der Waals surface area contributed by atoms with E-state index in [4.69, 9.17) is 9.47 Å². The smallest absolute Gasteiger partial charge is 0.276 e. The van der Waals surface area contributed by atoms with Gasteiger partial charge in [0.25, 0.3) is 5.92 Å². The lowest BCUT2D eigenvalue weighted by Crippen LogP contribution is -2.39. The van der Waals surface area contributed by atoms with Gasteiger partial charge >= 0.3 is 0 Å². The summed E-state index contributed by atoms with van der Waals surface area (Å²) >= 11 is 0. The molecule has 1 atom stereocenters. The fraction of sp³-hybridized carbons (Fsp3) is 0.538. The van der Waals surface area contributed by atoms with Gasteiger partial charge in [-0.3, -0.25) is 4.79 Å². The van der Waals surface area contributed by atoms with Crippen LogP contribution in [0.1, 0.15) is 37.7 Å². The summed E-state index contributed by atoms with van der Waals surface area (Å²) in [7, 11) is 0. The van der Waals surface area contributed by atoms with E-state index in [0.29, 0.717) is 45.4 Å². The van der Waals surface area contributed by atoms with Crippen LogP contribution >= 0.6 is 0 Å². The average Bonchev–Trinajstić information content (AvgIpc) is 3.53. The maximum atomic E-state index is 13.9. The van der Waals surface area contributed by atoms with Crippen molar-refractivity contribution in [3.63, 3.8) is 0 Å². The zero-order valence-electron chi connectivity index (χ0n) is 19.6. The summed E-state index contributed by atoms with van der Waals surface area (Å²) < 4.78 is 37.6. The Morgan fingerprint density at radius 2 is 1.91 bits per heavy atom. The SMILES string of the molecule is O=C(C1CCC(O[C@H]2CC2(F)F)CC1)N1Cc2cccnc2Nc2ccc(N3CCOCC3)cc21. The predicted octanol–water partition coefficient (Wildman–Crippen LogP) is 4.49. The topological polar surface area (TPSA) is 66.9 Å². The number of fused-ring (bicyclic) bond motifs is 2. The number of ether oxygens (including phenoxy) is 2. The minimum Gasteiger partial charge on any atom is -0.378 e. The number of carbonyl (C=O) groups excluding carboxylic acids is 1. The molecule has 2 saturated carbocycles. The Morgan fingerprint density at radius 3 is 2.66 bits per heavy atom. The number of nitrogens with one attached hydrogen (secondary N) is 1. The number of alkyl halides is 2. The highest BCUT2D eigenvalue weighted by Crippen LogP contribution is 2.46. The number of benzene rings is 1. The summed E-state index contributed by atoms with van der Waals surface area (Å²) in [4.78, 5) is 22.5. The number of aromatic nitrogens is 1. The zero-order valence-corrected chi connectivity index (χ0v) is 19.6. The largest absolute Gasteiger partial charge is 0.378 e. The summed E-state index contributed by atoms with van der Waals surface area (Å²) in [5.74, 6) is -2.01. The van der Waals surface area contributed by atoms with Crippen LogP contribution in [-0.4, -0.2) is 55.3 Å². The molecular formula is C26H30F2N4O3. The molecule has 0 radical (unpaired) electrons. The molecule has 9 heteroatoms. The first-order valence-corrected chi connectivity index (χ1v) is 12.5. The van der Waals surface area contributed by atoms with Gasteiger partial charge in [0, 0.05) is 42.9 Å². The molecule has 6 rings (SSSR count). The maximum absolute atomic E-state index is 13.9. The van der Waals surface area contributed by atoms with Crippen LogP contribution in [-0.2, 0) is 20.8 Å². The van der Waals surface area contributed by atoms with Crippen molar-refractivity contribution in [2.24, 2.45) is 5.92 Å². The molecule has 35 heavy (non-hydrogen) atoms. The molecule has 2 aliphatic heterocycles. The van der Waals surface area contributed by atoms with Gasteiger partial charge in [-0.1, -0.05) is 6.07 Å². The lowest BCUT2D eigenvalue weighted by molar-refractivity contribution is -0.125. The van der Waals surface area contributed by atoms with Crippen molar-refractivity contribution in [1.29, 1.82) is 0 Å². The Balaban J connectivity index is 1.24. The molecule has 1 aromatic heterocycles. The van der Waals surface area contributed by atoms with Crippen LogP contribution in [0.5, 0.6) is 0 Å². The van der Waals surface area contributed by atoms with Crippen molar-refractivity contribution in [3.8, 4) is 0 Å². The molecule has 0 bridgehead atoms. The van der Waals surface area contributed by atoms with Gasteiger partial charge < -0.3 is 24.6 Å². The molecule has 7 nitrogen and oxygen atoms in total. The fourth-order valence-electron chi connectivity index (χ4n) is 5.36. The standard InChI is InChI=1S/C26H30F2N4O3/c27-26(28)15-23(26)35-20-6-3-17(4-7-20)25(33)32-16-18-2-1-9-29-24(18)30-21-8-5-19(14-22(21)32)31-10-12-34-13-11-31/h1-2,5,8-9,14,17,20,23H,3-4,6-7,10-13,15-16H2,(H,29,30)/t17?,20?,23-/m0/s1. The van der Waals surface area contributed by atoms with Gasteiger partial charge in [-0.05, 0) is 49.9 Å². The van der Waals surface area contributed by atoms with E-state index in [1.807, 2.05) is 23.1 Å². The van der Waals surface area contributed by atoms with Crippen LogP contribution in [0.2, 0.25) is 0 Å². The molecule has 0 spiro atoms. The van der Waals surface area contributed by atoms with E-state index in [2.05, 4.69) is 27.3 Å². The van der Waals surface area contributed by atoms with Crippen LogP contribution < -0.4 is 15.1 Å². The van der Waals surface area contributed by atoms with Gasteiger partial charge in [-0.2, -0.15) is 0 Å². The van der Waals surface area contributed by atoms with E-state index in [1.165, 1.54) is 0 Å². The minimum atomic E-state index is -2.67. The van der Waals surface area contributed by atoms with Crippen LogP contribution in [0.3, 0.4) is 0 Å². The summed E-state index contributed by atoms with van der Waals surface area (Å²) in [5.41, 5.74) is 3.71. The number of amides is 1. The first kappa shape index (κ1) is 22.7. The Kier molecular flexibility index (Phi) is 5.84. The average molecular weight is 485 g/mol. The third-order valence-corrected chi connectivity index (χ3v) is 7.54. The van der Waals surface area contributed by atoms with E-state index in [-0.39, 0.29) is 24.3 Å². The van der Waals surface area contributed by atoms with Crippen molar-refractivity contribution in [2.75, 3.05) is 41.4 Å². The number of hydrogen-bond acceptors (Lipinski definition) is 6. The molecule has 1 N–H and O–H groups in total. The first-order chi connectivity index (χ1) is 17.0. The van der Waals surface area contributed by atoms with E-state index in [0.717, 1.165) is 41.5 Å². The molecule has 4 aliphatic rings. The van der Waals surface area contributed by atoms with Crippen molar-refractivity contribution in [2.45, 2.75) is 56.8 Å². The van der Waals surface area contributed by atoms with Gasteiger partial charge in [0.05, 0.1) is 37.2 Å². The minimum absolute atomic E-state index is 0.0686. The third-order valence-electron chi connectivity index (χ3n) is 7.54. The van der Waals surface area contributed by atoms with E-state index in [1.54, 1.807) is 6.20 Å². The summed E-state index contributed by atoms with van der Waals surface area (Å²) in [6.45, 7) is 3.42. The maximum Gasteiger partial charge on any atom is 0.276 e. The van der Waals surface area contributed by atoms with Gasteiger partial charge in [-0.25, -0.2) is 13.8 Å². The molecule has 1 saturated heterocycles. The molecular weight excluding hydrogens is 454 g/mol. The van der Waals surface area contributed by atoms with E-state index >= 15 is 0 Å². The zero-order chi connectivity index (χ0) is 24.0. The monoisotopic (exact) mass is 484 g/mol. The molecule has 3 fully saturated rings. The fourth-order valence-corrected chi connectivity index (χ4v) is 5.36. The number of anilines is 4. The van der Waals surface area contributed by atoms with Crippen molar-refractivity contribution < 1.29 is 23.0 Å². The van der Waals surface area contributed by atoms with Crippen molar-refractivity contribution >= 4 is 28.8 Å². The second kappa shape index (κ2) is 9.02. The second-order valence-corrected chi connectivity index (χ2v) is 9.92. The molecule has 3 heterocycles. The normalized spacial score (nSPS) is 27.3. The quantitative estimate of drug-likeness (QED) is 0.690. The third kappa shape index (κ3) is 4.59. The number of hydrogen-bond donors (Lipinski definition) is 1. The van der Waals surface area contributed by atoms with Gasteiger partial charge in [0.1, 0.15) is 11.9 Å². The van der Waals surface area contributed by atoms with Crippen LogP contribution in [0.15, 0.2) is 36.5 Å². The van der Waals surface area contributed by atoms with E-state index < -0.39 is 12.0 Å². The number of nitrogens with zero attached hydrogens (tertiary/aromatic N) is 3. The van der Waals surface area contributed by atoms with Crippen molar-refractivity contribution in [3.05, 3.63) is 42.1 Å². The molecule has 0 unspecified atom stereocenters. The highest BCUT2D eigenvalue weighted by atomic mass is 19.3. The number of pyridine rings is 1. The van der Waals surface area contributed by atoms with Crippen LogP contribution in [0.4, 0.5) is 31.7 Å².